The summed E-state index contributed by atoms with van der Waals surface area (Å²) in [6, 6.07) is 1.83. The van der Waals surface area contributed by atoms with Gasteiger partial charge in [0.05, 0.1) is 5.69 Å². The van der Waals surface area contributed by atoms with Crippen LogP contribution in [0.1, 0.15) is 6.42 Å². The van der Waals surface area contributed by atoms with E-state index in [0.29, 0.717) is 0 Å². The van der Waals surface area contributed by atoms with Crippen molar-refractivity contribution in [2.24, 2.45) is 11.0 Å². The van der Waals surface area contributed by atoms with Crippen LogP contribution >= 0.6 is 15.9 Å². The smallest absolute Gasteiger partial charge is 0.227 e. The van der Waals surface area contributed by atoms with Gasteiger partial charge >= 0.3 is 0 Å². The molecule has 1 saturated heterocycles. The maximum absolute atomic E-state index is 13.8. The standard InChI is InChI=1S/C11H9BrF2N4O/c12-8-2-7(13)3-9(14)11(8)18-5-6(1-10(18)19)4-16-17-15/h2-3,6H,1,4-5H2. The number of carbonyl (C=O) groups excluding carboxylic acids is 1. The fraction of sp³-hybridized carbons (Fsp3) is 0.364. The minimum absolute atomic E-state index is 0.0230. The van der Waals surface area contributed by atoms with Gasteiger partial charge in [0.25, 0.3) is 0 Å². The lowest BCUT2D eigenvalue weighted by molar-refractivity contribution is -0.117. The van der Waals surface area contributed by atoms with E-state index in [2.05, 4.69) is 26.0 Å². The van der Waals surface area contributed by atoms with Crippen molar-refractivity contribution in [2.45, 2.75) is 6.42 Å². The van der Waals surface area contributed by atoms with Gasteiger partial charge in [-0.1, -0.05) is 5.11 Å². The van der Waals surface area contributed by atoms with Crippen molar-refractivity contribution in [1.29, 1.82) is 0 Å². The van der Waals surface area contributed by atoms with Crippen LogP contribution in [-0.2, 0) is 4.79 Å². The summed E-state index contributed by atoms with van der Waals surface area (Å²) in [5.41, 5.74) is 8.27. The van der Waals surface area contributed by atoms with Crippen molar-refractivity contribution in [1.82, 2.24) is 0 Å². The molecule has 0 radical (unpaired) electrons. The van der Waals surface area contributed by atoms with E-state index >= 15 is 0 Å². The number of amides is 1. The van der Waals surface area contributed by atoms with E-state index in [1.54, 1.807) is 0 Å². The van der Waals surface area contributed by atoms with Crippen LogP contribution in [0, 0.1) is 17.6 Å². The van der Waals surface area contributed by atoms with Crippen LogP contribution in [0.3, 0.4) is 0 Å². The van der Waals surface area contributed by atoms with Gasteiger partial charge in [0.1, 0.15) is 5.82 Å². The molecule has 1 heterocycles. The van der Waals surface area contributed by atoms with Crippen LogP contribution in [0.4, 0.5) is 14.5 Å². The van der Waals surface area contributed by atoms with Gasteiger partial charge in [-0.05, 0) is 33.4 Å². The molecule has 0 N–H and O–H groups in total. The Labute approximate surface area is 116 Å². The van der Waals surface area contributed by atoms with Crippen molar-refractivity contribution in [3.05, 3.63) is 38.7 Å². The fourth-order valence-corrected chi connectivity index (χ4v) is 2.69. The van der Waals surface area contributed by atoms with Crippen LogP contribution in [-0.4, -0.2) is 19.0 Å². The summed E-state index contributed by atoms with van der Waals surface area (Å²) in [6.07, 6.45) is 0.183. The third kappa shape index (κ3) is 2.85. The van der Waals surface area contributed by atoms with Gasteiger partial charge in [0, 0.05) is 35.0 Å². The molecular weight excluding hydrogens is 322 g/mol. The molecule has 1 aliphatic rings. The zero-order valence-corrected chi connectivity index (χ0v) is 11.3. The Bertz CT molecular complexity index is 551. The number of carbonyl (C=O) groups is 1. The highest BCUT2D eigenvalue weighted by Gasteiger charge is 2.33. The quantitative estimate of drug-likeness (QED) is 0.475. The molecule has 1 unspecified atom stereocenters. The largest absolute Gasteiger partial charge is 0.308 e. The third-order valence-corrected chi connectivity index (χ3v) is 3.46. The Morgan fingerprint density at radius 1 is 1.53 bits per heavy atom. The van der Waals surface area contributed by atoms with Crippen molar-refractivity contribution >= 4 is 27.5 Å². The van der Waals surface area contributed by atoms with Crippen LogP contribution < -0.4 is 4.90 Å². The van der Waals surface area contributed by atoms with E-state index in [-0.39, 0.29) is 41.5 Å². The second-order valence-electron chi connectivity index (χ2n) is 4.21. The van der Waals surface area contributed by atoms with Gasteiger partial charge in [-0.2, -0.15) is 0 Å². The monoisotopic (exact) mass is 330 g/mol. The molecule has 1 atom stereocenters. The van der Waals surface area contributed by atoms with E-state index < -0.39 is 11.6 Å². The van der Waals surface area contributed by atoms with E-state index in [1.807, 2.05) is 0 Å². The van der Waals surface area contributed by atoms with Crippen molar-refractivity contribution < 1.29 is 13.6 Å². The van der Waals surface area contributed by atoms with Crippen LogP contribution in [0.2, 0.25) is 0 Å². The molecule has 5 nitrogen and oxygen atoms in total. The number of hydrogen-bond acceptors (Lipinski definition) is 2. The Morgan fingerprint density at radius 3 is 2.89 bits per heavy atom. The lowest BCUT2D eigenvalue weighted by atomic mass is 10.1. The molecule has 0 spiro atoms. The molecule has 19 heavy (non-hydrogen) atoms. The lowest BCUT2D eigenvalue weighted by Gasteiger charge is -2.19. The van der Waals surface area contributed by atoms with Gasteiger partial charge < -0.3 is 4.90 Å². The first-order chi connectivity index (χ1) is 9.02. The Morgan fingerprint density at radius 2 is 2.26 bits per heavy atom. The maximum Gasteiger partial charge on any atom is 0.227 e. The van der Waals surface area contributed by atoms with E-state index in [4.69, 9.17) is 5.53 Å². The summed E-state index contributed by atoms with van der Waals surface area (Å²) in [6.45, 7) is 0.429. The van der Waals surface area contributed by atoms with E-state index in [0.717, 1.165) is 12.1 Å². The highest BCUT2D eigenvalue weighted by Crippen LogP contribution is 2.34. The molecular formula is C11H9BrF2N4O. The second kappa shape index (κ2) is 5.54. The Hall–Kier alpha value is -1.66. The molecule has 0 aromatic heterocycles. The normalized spacial score (nSPS) is 18.6. The molecule has 1 fully saturated rings. The van der Waals surface area contributed by atoms with Crippen LogP contribution in [0.5, 0.6) is 0 Å². The summed E-state index contributed by atoms with van der Waals surface area (Å²) < 4.78 is 27.0. The fourth-order valence-electron chi connectivity index (χ4n) is 2.06. The molecule has 1 aromatic carbocycles. The third-order valence-electron chi connectivity index (χ3n) is 2.86. The predicted molar refractivity (Wildman–Crippen MR) is 68.5 cm³/mol. The lowest BCUT2D eigenvalue weighted by Crippen LogP contribution is -2.26. The average molecular weight is 331 g/mol. The molecule has 0 bridgehead atoms. The number of halogens is 3. The summed E-state index contributed by atoms with van der Waals surface area (Å²) in [5, 5.41) is 3.41. The molecule has 1 aromatic rings. The van der Waals surface area contributed by atoms with Crippen LogP contribution in [0.25, 0.3) is 10.4 Å². The van der Waals surface area contributed by atoms with Crippen molar-refractivity contribution in [2.75, 3.05) is 18.0 Å². The summed E-state index contributed by atoms with van der Waals surface area (Å²) in [7, 11) is 0. The molecule has 100 valence electrons. The number of hydrogen-bond donors (Lipinski definition) is 0. The molecule has 8 heteroatoms. The zero-order valence-electron chi connectivity index (χ0n) is 9.68. The number of benzene rings is 1. The van der Waals surface area contributed by atoms with Crippen LogP contribution in [0.15, 0.2) is 21.7 Å². The minimum atomic E-state index is -0.801. The second-order valence-corrected chi connectivity index (χ2v) is 5.06. The Kier molecular flexibility index (Phi) is 4.01. The molecule has 0 saturated carbocycles. The van der Waals surface area contributed by atoms with Gasteiger partial charge in [0.2, 0.25) is 5.91 Å². The summed E-state index contributed by atoms with van der Waals surface area (Å²) in [5.74, 6) is -1.95. The zero-order chi connectivity index (χ0) is 14.0. The van der Waals surface area contributed by atoms with Crippen molar-refractivity contribution in [3.63, 3.8) is 0 Å². The first-order valence-corrected chi connectivity index (χ1v) is 6.28. The molecule has 2 rings (SSSR count). The molecule has 0 aliphatic carbocycles. The minimum Gasteiger partial charge on any atom is -0.308 e. The topological polar surface area (TPSA) is 69.1 Å². The van der Waals surface area contributed by atoms with Gasteiger partial charge in [-0.15, -0.1) is 0 Å². The summed E-state index contributed by atoms with van der Waals surface area (Å²) >= 11 is 3.05. The van der Waals surface area contributed by atoms with E-state index in [9.17, 15) is 13.6 Å². The highest BCUT2D eigenvalue weighted by molar-refractivity contribution is 9.10. The number of rotatable bonds is 3. The highest BCUT2D eigenvalue weighted by atomic mass is 79.9. The first-order valence-electron chi connectivity index (χ1n) is 5.48. The van der Waals surface area contributed by atoms with Gasteiger partial charge in [0.15, 0.2) is 5.82 Å². The predicted octanol–water partition coefficient (Wildman–Crippen LogP) is 3.39. The first kappa shape index (κ1) is 13.8. The Balaban J connectivity index is 2.28. The summed E-state index contributed by atoms with van der Waals surface area (Å²) in [4.78, 5) is 15.7. The van der Waals surface area contributed by atoms with E-state index in [1.165, 1.54) is 4.90 Å². The van der Waals surface area contributed by atoms with Gasteiger partial charge in [-0.3, -0.25) is 4.79 Å². The number of anilines is 1. The average Bonchev–Trinajstić information content (AvgIpc) is 2.67. The number of azide groups is 1. The maximum atomic E-state index is 13.8. The van der Waals surface area contributed by atoms with Gasteiger partial charge in [-0.25, -0.2) is 8.78 Å². The SMILES string of the molecule is [N-]=[N+]=NCC1CC(=O)N(c2c(F)cc(F)cc2Br)C1. The number of nitrogens with zero attached hydrogens (tertiary/aromatic N) is 4. The van der Waals surface area contributed by atoms with Crippen molar-refractivity contribution in [3.8, 4) is 0 Å². The molecule has 1 amide bonds. The molecule has 1 aliphatic heterocycles.